The molecule has 8 nitrogen and oxygen atoms in total. The van der Waals surface area contributed by atoms with E-state index in [0.717, 1.165) is 17.1 Å². The molecular formula is C12H17N4O4. The molecule has 8 heteroatoms. The molecule has 0 aromatic carbocycles. The Morgan fingerprint density at radius 2 is 2.05 bits per heavy atom. The molecule has 1 unspecified atom stereocenters. The van der Waals surface area contributed by atoms with E-state index in [0.29, 0.717) is 6.42 Å². The van der Waals surface area contributed by atoms with Gasteiger partial charge in [0.2, 0.25) is 0 Å². The molecule has 0 fully saturated rings. The molecule has 0 spiro atoms. The first-order chi connectivity index (χ1) is 9.32. The van der Waals surface area contributed by atoms with Crippen LogP contribution in [0.25, 0.3) is 0 Å². The smallest absolute Gasteiger partial charge is 0.307 e. The zero-order valence-electron chi connectivity index (χ0n) is 11.0. The zero-order valence-corrected chi connectivity index (χ0v) is 11.0. The monoisotopic (exact) mass is 281 g/mol. The minimum absolute atomic E-state index is 0.147. The van der Waals surface area contributed by atoms with Crippen molar-refractivity contribution in [2.24, 2.45) is 5.73 Å². The van der Waals surface area contributed by atoms with Gasteiger partial charge in [-0.3, -0.25) is 24.7 Å². The minimum atomic E-state index is -1.54. The summed E-state index contributed by atoms with van der Waals surface area (Å²) in [6, 6.07) is 0. The predicted molar refractivity (Wildman–Crippen MR) is 70.2 cm³/mol. The summed E-state index contributed by atoms with van der Waals surface area (Å²) < 4.78 is 0. The van der Waals surface area contributed by atoms with Gasteiger partial charge >= 0.3 is 5.97 Å². The van der Waals surface area contributed by atoms with Gasteiger partial charge in [-0.1, -0.05) is 6.92 Å². The first-order valence-corrected chi connectivity index (χ1v) is 6.00. The van der Waals surface area contributed by atoms with E-state index in [-0.39, 0.29) is 6.42 Å². The molecule has 1 radical (unpaired) electrons. The van der Waals surface area contributed by atoms with Crippen LogP contribution in [-0.2, 0) is 14.4 Å². The first-order valence-electron chi connectivity index (χ1n) is 6.00. The first kappa shape index (κ1) is 15.7. The quantitative estimate of drug-likeness (QED) is 0.284. The molecule has 1 atom stereocenters. The molecule has 109 valence electrons. The van der Waals surface area contributed by atoms with Crippen LogP contribution in [-0.4, -0.2) is 39.4 Å². The van der Waals surface area contributed by atoms with Gasteiger partial charge in [0.25, 0.3) is 11.8 Å². The average molecular weight is 281 g/mol. The number of nitrogens with one attached hydrogen (secondary N) is 2. The van der Waals surface area contributed by atoms with Gasteiger partial charge in [0.15, 0.2) is 5.96 Å². The van der Waals surface area contributed by atoms with E-state index in [1.165, 1.54) is 0 Å². The van der Waals surface area contributed by atoms with Crippen LogP contribution in [0.2, 0.25) is 0 Å². The third kappa shape index (κ3) is 3.34. The number of hydrogen-bond acceptors (Lipinski definition) is 4. The molecule has 0 aromatic heterocycles. The van der Waals surface area contributed by atoms with E-state index in [1.807, 2.05) is 0 Å². The highest BCUT2D eigenvalue weighted by Gasteiger charge is 2.46. The van der Waals surface area contributed by atoms with Crippen LogP contribution in [0.15, 0.2) is 12.2 Å². The number of carbonyl (C=O) groups is 3. The minimum Gasteiger partial charge on any atom is -0.481 e. The van der Waals surface area contributed by atoms with Crippen molar-refractivity contribution in [2.75, 3.05) is 0 Å². The molecular weight excluding hydrogens is 264 g/mol. The summed E-state index contributed by atoms with van der Waals surface area (Å²) in [6.07, 6.45) is 3.96. The number of unbranched alkanes of at least 4 members (excludes halogenated alkanes) is 1. The summed E-state index contributed by atoms with van der Waals surface area (Å²) >= 11 is 0. The number of guanidine groups is 1. The van der Waals surface area contributed by atoms with Crippen molar-refractivity contribution in [1.82, 2.24) is 10.2 Å². The maximum Gasteiger partial charge on any atom is 0.307 e. The number of carboxylic acid groups (broad SMARTS) is 1. The van der Waals surface area contributed by atoms with Gasteiger partial charge in [-0.25, -0.2) is 0 Å². The number of nitrogens with zero attached hydrogens (tertiary/aromatic N) is 1. The number of carboxylic acids is 1. The maximum atomic E-state index is 11.8. The number of carbonyl (C=O) groups excluding carboxylic acids is 2. The van der Waals surface area contributed by atoms with E-state index in [2.05, 4.69) is 5.32 Å². The van der Waals surface area contributed by atoms with Crippen molar-refractivity contribution in [3.8, 4) is 0 Å². The summed E-state index contributed by atoms with van der Waals surface area (Å²) in [7, 11) is 0. The van der Waals surface area contributed by atoms with E-state index in [1.54, 1.807) is 13.3 Å². The molecule has 1 heterocycles. The van der Waals surface area contributed by atoms with Gasteiger partial charge in [-0.2, -0.15) is 0 Å². The van der Waals surface area contributed by atoms with Crippen LogP contribution in [0.3, 0.4) is 0 Å². The third-order valence-corrected chi connectivity index (χ3v) is 2.89. The van der Waals surface area contributed by atoms with Crippen LogP contribution in [0.4, 0.5) is 0 Å². The molecule has 5 N–H and O–H groups in total. The van der Waals surface area contributed by atoms with Gasteiger partial charge in [0, 0.05) is 12.2 Å². The zero-order chi connectivity index (χ0) is 15.3. The Balaban J connectivity index is 3.19. The second-order valence-electron chi connectivity index (χ2n) is 4.43. The molecule has 0 aromatic rings. The second-order valence-corrected chi connectivity index (χ2v) is 4.43. The number of nitrogens with two attached hydrogens (primary N) is 1. The summed E-state index contributed by atoms with van der Waals surface area (Å²) in [4.78, 5) is 35.6. The Hall–Kier alpha value is -2.38. The lowest BCUT2D eigenvalue weighted by Gasteiger charge is -2.40. The van der Waals surface area contributed by atoms with E-state index in [4.69, 9.17) is 16.2 Å². The normalized spacial score (nSPS) is 17.1. The van der Waals surface area contributed by atoms with Crippen molar-refractivity contribution in [3.63, 3.8) is 0 Å². The molecule has 0 saturated carbocycles. The Labute approximate surface area is 116 Å². The fourth-order valence-electron chi connectivity index (χ4n) is 2.15. The molecule has 1 aliphatic rings. The molecule has 2 amide bonds. The van der Waals surface area contributed by atoms with Crippen LogP contribution in [0, 0.1) is 11.8 Å². The summed E-state index contributed by atoms with van der Waals surface area (Å²) in [5.74, 6) is -2.96. The fraction of sp³-hybridized carbons (Fsp3) is 0.417. The highest BCUT2D eigenvalue weighted by Crippen LogP contribution is 2.27. The SMILES string of the molecule is C[CH]CCC(CC(=O)O)(NC(=N)N)N1C(=O)C=CC1=O. The lowest BCUT2D eigenvalue weighted by atomic mass is 9.96. The maximum absolute atomic E-state index is 11.8. The van der Waals surface area contributed by atoms with Crippen LogP contribution >= 0.6 is 0 Å². The topological polar surface area (TPSA) is 137 Å². The van der Waals surface area contributed by atoms with Gasteiger partial charge in [-0.05, 0) is 19.3 Å². The number of amides is 2. The molecule has 0 bridgehead atoms. The van der Waals surface area contributed by atoms with E-state index in [9.17, 15) is 14.4 Å². The molecule has 1 rings (SSSR count). The van der Waals surface area contributed by atoms with Gasteiger partial charge in [0.05, 0.1) is 6.42 Å². The Bertz CT molecular complexity index is 438. The summed E-state index contributed by atoms with van der Waals surface area (Å²) in [6.45, 7) is 1.77. The van der Waals surface area contributed by atoms with Crippen molar-refractivity contribution in [1.29, 1.82) is 5.41 Å². The summed E-state index contributed by atoms with van der Waals surface area (Å²) in [5.41, 5.74) is 3.74. The third-order valence-electron chi connectivity index (χ3n) is 2.89. The largest absolute Gasteiger partial charge is 0.481 e. The number of rotatable bonds is 7. The highest BCUT2D eigenvalue weighted by atomic mass is 16.4. The Morgan fingerprint density at radius 3 is 2.45 bits per heavy atom. The van der Waals surface area contributed by atoms with Gasteiger partial charge in [-0.15, -0.1) is 0 Å². The molecule has 1 aliphatic heterocycles. The van der Waals surface area contributed by atoms with Gasteiger partial charge < -0.3 is 16.2 Å². The van der Waals surface area contributed by atoms with Crippen LogP contribution < -0.4 is 11.1 Å². The fourth-order valence-corrected chi connectivity index (χ4v) is 2.15. The van der Waals surface area contributed by atoms with Crippen molar-refractivity contribution < 1.29 is 19.5 Å². The van der Waals surface area contributed by atoms with E-state index >= 15 is 0 Å². The Morgan fingerprint density at radius 1 is 1.50 bits per heavy atom. The average Bonchev–Trinajstić information content (AvgIpc) is 2.65. The number of aliphatic carboxylic acids is 1. The number of imide groups is 1. The van der Waals surface area contributed by atoms with Crippen molar-refractivity contribution >= 4 is 23.7 Å². The standard InChI is InChI=1S/C12H17N4O4/c1-2-3-6-12(7-10(19)20,15-11(13)14)16-8(17)4-5-9(16)18/h2,4-5H,3,6-7H2,1H3,(H,19,20)(H4,13,14,15). The van der Waals surface area contributed by atoms with Gasteiger partial charge in [0.1, 0.15) is 5.66 Å². The Kier molecular flexibility index (Phi) is 4.84. The summed E-state index contributed by atoms with van der Waals surface area (Å²) in [5, 5.41) is 18.8. The van der Waals surface area contributed by atoms with Crippen molar-refractivity contribution in [3.05, 3.63) is 18.6 Å². The molecule has 20 heavy (non-hydrogen) atoms. The van der Waals surface area contributed by atoms with E-state index < -0.39 is 35.8 Å². The van der Waals surface area contributed by atoms with Crippen LogP contribution in [0.1, 0.15) is 26.2 Å². The lowest BCUT2D eigenvalue weighted by molar-refractivity contribution is -0.150. The predicted octanol–water partition coefficient (Wildman–Crippen LogP) is -0.430. The molecule has 0 aliphatic carbocycles. The van der Waals surface area contributed by atoms with Crippen LogP contribution in [0.5, 0.6) is 0 Å². The number of hydrogen-bond donors (Lipinski definition) is 4. The highest BCUT2D eigenvalue weighted by molar-refractivity contribution is 6.13. The van der Waals surface area contributed by atoms with Crippen molar-refractivity contribution in [2.45, 2.75) is 31.8 Å². The lowest BCUT2D eigenvalue weighted by Crippen LogP contribution is -2.64. The second kappa shape index (κ2) is 6.18. The molecule has 0 saturated heterocycles.